The first-order chi connectivity index (χ1) is 26.8. The standard InChI is InChI=1S/C12H24O3.2C8H16O4.C5H10O2.C5H10O.H2O3.H2O/c1-2-3-4-5-6-7-9-14-11-12-15-10-8-13;2*9-3-1-2-5-11-7-8-12-6-4-10;1-2-3-4-5(6)7;1-2-3-4-5-6;1-3-2;/h4-5,13H,2-3,6-12H2,1H3;2*3,10H,1-2,4-8H2;2-4H2,1H3,(H,6,7);5H,2-4H2,1H3;1-2H;1H2/b5-4-;;;;;;. The highest BCUT2D eigenvalue weighted by molar-refractivity contribution is 5.66. The highest BCUT2D eigenvalue weighted by Gasteiger charge is 1.92. The van der Waals surface area contributed by atoms with E-state index in [9.17, 15) is 19.2 Å². The number of carbonyl (C=O) groups is 4. The van der Waals surface area contributed by atoms with Gasteiger partial charge in [0.15, 0.2) is 0 Å². The Morgan fingerprint density at radius 3 is 1.00 bits per heavy atom. The maximum Gasteiger partial charge on any atom is 0.303 e. The lowest BCUT2D eigenvalue weighted by Crippen LogP contribution is -2.07. The zero-order valence-electron chi connectivity index (χ0n) is 34.6. The van der Waals surface area contributed by atoms with Crippen LogP contribution in [0.2, 0.25) is 0 Å². The number of carbonyl (C=O) groups excluding carboxylic acids is 3. The Morgan fingerprint density at radius 1 is 0.446 bits per heavy atom. The van der Waals surface area contributed by atoms with Gasteiger partial charge in [0.1, 0.15) is 18.9 Å². The maximum absolute atomic E-state index is 9.87. The monoisotopic (exact) mass is 825 g/mol. The molecule has 340 valence electrons. The Balaban J connectivity index is -0.000000108. The van der Waals surface area contributed by atoms with E-state index >= 15 is 0 Å². The fraction of sp³-hybridized carbons (Fsp3) is 0.842. The summed E-state index contributed by atoms with van der Waals surface area (Å²) >= 11 is 0. The molecule has 0 heterocycles. The molecule has 0 spiro atoms. The minimum absolute atomic E-state index is 0. The smallest absolute Gasteiger partial charge is 0.303 e. The zero-order valence-corrected chi connectivity index (χ0v) is 34.6. The van der Waals surface area contributed by atoms with Crippen molar-refractivity contribution in [2.75, 3.05) is 99.1 Å². The van der Waals surface area contributed by atoms with Crippen molar-refractivity contribution in [3.8, 4) is 0 Å². The summed E-state index contributed by atoms with van der Waals surface area (Å²) < 4.78 is 30.5. The Bertz CT molecular complexity index is 663. The van der Waals surface area contributed by atoms with Crippen molar-refractivity contribution < 1.29 is 89.1 Å². The van der Waals surface area contributed by atoms with Crippen LogP contribution in [0.3, 0.4) is 0 Å². The van der Waals surface area contributed by atoms with Crippen LogP contribution in [-0.2, 0) is 52.6 Å². The molecule has 0 aliphatic carbocycles. The van der Waals surface area contributed by atoms with Crippen molar-refractivity contribution in [2.45, 2.75) is 111 Å². The predicted octanol–water partition coefficient (Wildman–Crippen LogP) is 3.89. The molecule has 0 atom stereocenters. The third-order valence-electron chi connectivity index (χ3n) is 5.75. The summed E-state index contributed by atoms with van der Waals surface area (Å²) in [6.07, 6.45) is 19.3. The van der Waals surface area contributed by atoms with Gasteiger partial charge in [-0.05, 0) is 44.9 Å². The highest BCUT2D eigenvalue weighted by atomic mass is 17.4. The van der Waals surface area contributed by atoms with Gasteiger partial charge in [0.2, 0.25) is 0 Å². The van der Waals surface area contributed by atoms with Crippen LogP contribution in [0.15, 0.2) is 12.2 Å². The van der Waals surface area contributed by atoms with Gasteiger partial charge in [0.25, 0.3) is 0 Å². The largest absolute Gasteiger partial charge is 0.481 e. The van der Waals surface area contributed by atoms with Gasteiger partial charge in [-0.1, -0.05) is 57.2 Å². The van der Waals surface area contributed by atoms with Crippen LogP contribution in [0.1, 0.15) is 111 Å². The average molecular weight is 825 g/mol. The second kappa shape index (κ2) is 81.0. The van der Waals surface area contributed by atoms with Crippen LogP contribution in [0.5, 0.6) is 0 Å². The molecule has 0 saturated heterocycles. The number of hydrogen-bond acceptors (Lipinski definition) is 16. The number of unbranched alkanes of at least 4 members (excludes halogenated alkanes) is 7. The van der Waals surface area contributed by atoms with E-state index in [-0.39, 0.29) is 25.3 Å². The molecule has 56 heavy (non-hydrogen) atoms. The van der Waals surface area contributed by atoms with E-state index in [1.807, 2.05) is 6.92 Å². The number of ether oxygens (including phenoxy) is 6. The third-order valence-corrected chi connectivity index (χ3v) is 5.75. The lowest BCUT2D eigenvalue weighted by atomic mass is 10.2. The van der Waals surface area contributed by atoms with E-state index in [0.717, 1.165) is 83.3 Å². The Morgan fingerprint density at radius 2 is 0.750 bits per heavy atom. The van der Waals surface area contributed by atoms with Crippen molar-refractivity contribution in [3.05, 3.63) is 12.2 Å². The van der Waals surface area contributed by atoms with Gasteiger partial charge < -0.3 is 68.7 Å². The first kappa shape index (κ1) is 68.4. The molecule has 0 aromatic rings. The maximum atomic E-state index is 9.87. The number of rotatable bonds is 35. The molecule has 0 unspecified atom stereocenters. The molecule has 0 aromatic carbocycles. The van der Waals surface area contributed by atoms with E-state index in [1.165, 1.54) is 12.8 Å². The fourth-order valence-electron chi connectivity index (χ4n) is 3.02. The molecule has 0 fully saturated rings. The number of carboxylic acids is 1. The van der Waals surface area contributed by atoms with Crippen LogP contribution >= 0.6 is 0 Å². The van der Waals surface area contributed by atoms with Gasteiger partial charge in [-0.25, -0.2) is 10.5 Å². The Kier molecular flexibility index (Phi) is 98.9. The minimum atomic E-state index is -0.693. The molecule has 0 radical (unpaired) electrons. The first-order valence-corrected chi connectivity index (χ1v) is 19.3. The summed E-state index contributed by atoms with van der Waals surface area (Å²) in [4.78, 5) is 39.1. The summed E-state index contributed by atoms with van der Waals surface area (Å²) in [6, 6.07) is 0. The van der Waals surface area contributed by atoms with E-state index < -0.39 is 5.97 Å². The zero-order chi connectivity index (χ0) is 42.6. The molecular weight excluding hydrogens is 744 g/mol. The fourth-order valence-corrected chi connectivity index (χ4v) is 3.02. The van der Waals surface area contributed by atoms with Crippen LogP contribution in [-0.4, -0.2) is 160 Å². The predicted molar refractivity (Wildman–Crippen MR) is 213 cm³/mol. The van der Waals surface area contributed by atoms with Crippen molar-refractivity contribution >= 4 is 24.8 Å². The van der Waals surface area contributed by atoms with Gasteiger partial charge in [-0.15, -0.1) is 0 Å². The molecule has 8 N–H and O–H groups in total. The van der Waals surface area contributed by atoms with Gasteiger partial charge >= 0.3 is 5.97 Å². The van der Waals surface area contributed by atoms with Gasteiger partial charge in [-0.2, -0.15) is 0 Å². The van der Waals surface area contributed by atoms with Crippen LogP contribution < -0.4 is 0 Å². The summed E-state index contributed by atoms with van der Waals surface area (Å²) in [7, 11) is 0. The average Bonchev–Trinajstić information content (AvgIpc) is 3.19. The number of allylic oxidation sites excluding steroid dienone is 2. The van der Waals surface area contributed by atoms with E-state index in [2.05, 4.69) is 31.0 Å². The molecular formula is C38H80O18. The second-order valence-corrected chi connectivity index (χ2v) is 10.8. The summed E-state index contributed by atoms with van der Waals surface area (Å²) in [5.41, 5.74) is 0. The van der Waals surface area contributed by atoms with E-state index in [0.29, 0.717) is 91.9 Å². The number of aliphatic hydroxyl groups excluding tert-OH is 3. The number of carboxylic acid groups (broad SMARTS) is 1. The summed E-state index contributed by atoms with van der Waals surface area (Å²) in [5, 5.41) is 48.6. The molecule has 0 aromatic heterocycles. The molecule has 0 rings (SSSR count). The van der Waals surface area contributed by atoms with Crippen LogP contribution in [0.25, 0.3) is 0 Å². The van der Waals surface area contributed by atoms with Crippen molar-refractivity contribution in [2.24, 2.45) is 0 Å². The number of aldehydes is 3. The molecule has 18 nitrogen and oxygen atoms in total. The molecule has 0 saturated carbocycles. The van der Waals surface area contributed by atoms with Gasteiger partial charge in [0, 0.05) is 45.5 Å². The molecule has 18 heteroatoms. The van der Waals surface area contributed by atoms with Crippen molar-refractivity contribution in [3.63, 3.8) is 0 Å². The minimum Gasteiger partial charge on any atom is -0.481 e. The van der Waals surface area contributed by atoms with Crippen LogP contribution in [0, 0.1) is 0 Å². The topological polar surface area (TPSA) is 286 Å². The summed E-state index contributed by atoms with van der Waals surface area (Å²) in [6.45, 7) is 12.8. The normalized spacial score (nSPS) is 9.64. The molecule has 0 aliphatic heterocycles. The molecule has 0 amide bonds. The highest BCUT2D eigenvalue weighted by Crippen LogP contribution is 1.96. The summed E-state index contributed by atoms with van der Waals surface area (Å²) in [5.74, 6) is -0.693. The van der Waals surface area contributed by atoms with Crippen molar-refractivity contribution in [1.82, 2.24) is 0 Å². The Hall–Kier alpha value is -2.30. The van der Waals surface area contributed by atoms with Gasteiger partial charge in [-0.3, -0.25) is 4.79 Å². The van der Waals surface area contributed by atoms with Crippen LogP contribution in [0.4, 0.5) is 0 Å². The molecule has 0 bridgehead atoms. The number of aliphatic carboxylic acids is 1. The lowest BCUT2D eigenvalue weighted by Gasteiger charge is -2.03. The lowest BCUT2D eigenvalue weighted by molar-refractivity contribution is -0.465. The third kappa shape index (κ3) is 110. The van der Waals surface area contributed by atoms with E-state index in [4.69, 9.17) is 59.4 Å². The molecule has 0 aliphatic rings. The number of hydrogen-bond donors (Lipinski definition) is 6. The van der Waals surface area contributed by atoms with Gasteiger partial charge in [0.05, 0.1) is 79.3 Å². The SMILES string of the molecule is CCC/C=C\CCCOCCOCCO.CCCCC(=O)O.CCCCC=O.O.O=CCCCOCCOCCO.O=CCCCOCCOCCO.OOO. The Labute approximate surface area is 335 Å². The van der Waals surface area contributed by atoms with E-state index in [1.54, 1.807) is 0 Å². The first-order valence-electron chi connectivity index (χ1n) is 19.3. The van der Waals surface area contributed by atoms with Crippen molar-refractivity contribution in [1.29, 1.82) is 0 Å². The number of aliphatic hydroxyl groups is 3. The quantitative estimate of drug-likeness (QED) is 0.0174. The second-order valence-electron chi connectivity index (χ2n) is 10.8.